The van der Waals surface area contributed by atoms with Gasteiger partial charge in [-0.15, -0.1) is 11.3 Å². The van der Waals surface area contributed by atoms with Crippen LogP contribution in [0, 0.1) is 5.82 Å². The van der Waals surface area contributed by atoms with E-state index in [0.29, 0.717) is 16.4 Å². The minimum absolute atomic E-state index is 0.00288. The molecule has 0 aliphatic heterocycles. The molecular weight excluding hydrogens is 477 g/mol. The number of nitrogens with zero attached hydrogens (tertiary/aromatic N) is 2. The lowest BCUT2D eigenvalue weighted by atomic mass is 9.95. The zero-order chi connectivity index (χ0) is 24.2. The summed E-state index contributed by atoms with van der Waals surface area (Å²) in [5.41, 5.74) is 11.1. The van der Waals surface area contributed by atoms with Crippen molar-refractivity contribution in [2.24, 2.45) is 5.73 Å². The van der Waals surface area contributed by atoms with Crippen molar-refractivity contribution in [3.05, 3.63) is 63.0 Å². The first-order chi connectivity index (χ1) is 16.4. The highest BCUT2D eigenvalue weighted by molar-refractivity contribution is 7.10. The fourth-order valence-electron chi connectivity index (χ4n) is 4.10. The lowest BCUT2D eigenvalue weighted by Gasteiger charge is -2.32. The van der Waals surface area contributed by atoms with E-state index in [1.165, 1.54) is 34.4 Å². The third-order valence-corrected chi connectivity index (χ3v) is 7.51. The van der Waals surface area contributed by atoms with E-state index < -0.39 is 23.7 Å². The highest BCUT2D eigenvalue weighted by atomic mass is 32.1. The van der Waals surface area contributed by atoms with Gasteiger partial charge in [0.1, 0.15) is 10.7 Å². The molecule has 0 spiro atoms. The third-order valence-electron chi connectivity index (χ3n) is 5.73. The van der Waals surface area contributed by atoms with Gasteiger partial charge in [0.25, 0.3) is 11.8 Å². The van der Waals surface area contributed by atoms with Gasteiger partial charge in [-0.05, 0) is 54.0 Å². The highest BCUT2D eigenvalue weighted by Crippen LogP contribution is 2.35. The number of hydrogen-bond donors (Lipinski definition) is 3. The molecule has 11 heteroatoms. The molecule has 8 nitrogen and oxygen atoms in total. The SMILES string of the molecule is NC(=O)c1nsc(C(=O)N(c2cccc(F)c2)C(C(=O)NC2CCCCC2)c2cccs2)c1N. The normalized spacial score (nSPS) is 15.0. The minimum Gasteiger partial charge on any atom is -0.395 e. The largest absolute Gasteiger partial charge is 0.395 e. The number of aromatic nitrogens is 1. The molecule has 178 valence electrons. The van der Waals surface area contributed by atoms with Gasteiger partial charge in [-0.3, -0.25) is 19.3 Å². The van der Waals surface area contributed by atoms with Crippen molar-refractivity contribution in [3.8, 4) is 0 Å². The van der Waals surface area contributed by atoms with E-state index >= 15 is 0 Å². The van der Waals surface area contributed by atoms with Crippen LogP contribution >= 0.6 is 22.9 Å². The zero-order valence-corrected chi connectivity index (χ0v) is 19.8. The Morgan fingerprint density at radius 2 is 1.91 bits per heavy atom. The maximum atomic E-state index is 14.2. The first-order valence-electron chi connectivity index (χ1n) is 10.8. The minimum atomic E-state index is -1.07. The lowest BCUT2D eigenvalue weighted by Crippen LogP contribution is -2.47. The number of nitrogens with two attached hydrogens (primary N) is 2. The van der Waals surface area contributed by atoms with Crippen molar-refractivity contribution in [3.63, 3.8) is 0 Å². The number of primary amides is 1. The van der Waals surface area contributed by atoms with Crippen molar-refractivity contribution < 1.29 is 18.8 Å². The molecule has 2 aromatic heterocycles. The lowest BCUT2D eigenvalue weighted by molar-refractivity contribution is -0.123. The Bertz CT molecular complexity index is 1190. The molecule has 34 heavy (non-hydrogen) atoms. The van der Waals surface area contributed by atoms with E-state index in [0.717, 1.165) is 32.1 Å². The molecule has 2 heterocycles. The second-order valence-corrected chi connectivity index (χ2v) is 9.81. The van der Waals surface area contributed by atoms with Crippen molar-refractivity contribution in [1.29, 1.82) is 0 Å². The Morgan fingerprint density at radius 1 is 1.15 bits per heavy atom. The van der Waals surface area contributed by atoms with Crippen LogP contribution in [0.3, 0.4) is 0 Å². The number of halogens is 1. The van der Waals surface area contributed by atoms with Gasteiger partial charge >= 0.3 is 0 Å². The summed E-state index contributed by atoms with van der Waals surface area (Å²) in [6.07, 6.45) is 4.89. The fourth-order valence-corrected chi connectivity index (χ4v) is 5.65. The molecule has 5 N–H and O–H groups in total. The van der Waals surface area contributed by atoms with Crippen LogP contribution in [0.25, 0.3) is 0 Å². The van der Waals surface area contributed by atoms with Crippen molar-refractivity contribution >= 4 is 52.0 Å². The summed E-state index contributed by atoms with van der Waals surface area (Å²) < 4.78 is 18.1. The Hall–Kier alpha value is -3.31. The van der Waals surface area contributed by atoms with Crippen molar-refractivity contribution in [2.75, 3.05) is 10.6 Å². The summed E-state index contributed by atoms with van der Waals surface area (Å²) in [5.74, 6) is -2.48. The molecule has 3 aromatic rings. The molecule has 1 aromatic carbocycles. The summed E-state index contributed by atoms with van der Waals surface area (Å²) in [6, 6.07) is 7.89. The van der Waals surface area contributed by atoms with Gasteiger partial charge in [0.2, 0.25) is 5.91 Å². The van der Waals surface area contributed by atoms with Crippen LogP contribution in [0.15, 0.2) is 41.8 Å². The number of nitrogen functional groups attached to an aromatic ring is 1. The Labute approximate surface area is 203 Å². The van der Waals surface area contributed by atoms with Crippen LogP contribution in [-0.2, 0) is 4.79 Å². The van der Waals surface area contributed by atoms with E-state index in [1.807, 2.05) is 0 Å². The number of nitrogens with one attached hydrogen (secondary N) is 1. The van der Waals surface area contributed by atoms with Gasteiger partial charge < -0.3 is 16.8 Å². The van der Waals surface area contributed by atoms with E-state index in [1.54, 1.807) is 23.6 Å². The summed E-state index contributed by atoms with van der Waals surface area (Å²) >= 11 is 2.02. The van der Waals surface area contributed by atoms with Gasteiger partial charge in [-0.25, -0.2) is 4.39 Å². The number of hydrogen-bond acceptors (Lipinski definition) is 7. The van der Waals surface area contributed by atoms with Crippen molar-refractivity contribution in [1.82, 2.24) is 9.69 Å². The quantitative estimate of drug-likeness (QED) is 0.452. The molecule has 3 amide bonds. The molecule has 1 aliphatic rings. The Balaban J connectivity index is 1.79. The van der Waals surface area contributed by atoms with E-state index in [4.69, 9.17) is 11.5 Å². The number of amides is 3. The summed E-state index contributed by atoms with van der Waals surface area (Å²) in [7, 11) is 0. The number of thiophene rings is 1. The van der Waals surface area contributed by atoms with Crippen LogP contribution in [-0.4, -0.2) is 28.1 Å². The number of anilines is 2. The molecule has 0 saturated heterocycles. The third kappa shape index (κ3) is 4.95. The zero-order valence-electron chi connectivity index (χ0n) is 18.2. The van der Waals surface area contributed by atoms with Crippen LogP contribution in [0.2, 0.25) is 0 Å². The number of benzene rings is 1. The molecule has 0 radical (unpaired) electrons. The van der Waals surface area contributed by atoms with Gasteiger partial charge in [0.05, 0.1) is 5.69 Å². The summed E-state index contributed by atoms with van der Waals surface area (Å²) in [5, 5.41) is 4.88. The van der Waals surface area contributed by atoms with Gasteiger partial charge in [0, 0.05) is 16.6 Å². The van der Waals surface area contributed by atoms with Crippen LogP contribution < -0.4 is 21.7 Å². The predicted molar refractivity (Wildman–Crippen MR) is 130 cm³/mol. The van der Waals surface area contributed by atoms with Crippen LogP contribution in [0.1, 0.15) is 63.2 Å². The molecule has 0 bridgehead atoms. The average Bonchev–Trinajstić information content (AvgIpc) is 3.47. The summed E-state index contributed by atoms with van der Waals surface area (Å²) in [4.78, 5) is 40.8. The standard InChI is InChI=1S/C23H24FN5O3S2/c24-13-6-4-9-15(12-13)29(23(32)20-17(25)18(21(26)30)28-34-20)19(16-10-5-11-33-16)22(31)27-14-7-2-1-3-8-14/h4-6,9-12,14,19H,1-3,7-8,25H2,(H2,26,30)(H,27,31). The average molecular weight is 502 g/mol. The molecule has 1 fully saturated rings. The summed E-state index contributed by atoms with van der Waals surface area (Å²) in [6.45, 7) is 0. The molecule has 1 aliphatic carbocycles. The van der Waals surface area contributed by atoms with Crippen LogP contribution in [0.5, 0.6) is 0 Å². The molecular formula is C23H24FN5O3S2. The van der Waals surface area contributed by atoms with E-state index in [9.17, 15) is 18.8 Å². The van der Waals surface area contributed by atoms with E-state index in [-0.39, 0.29) is 33.9 Å². The van der Waals surface area contributed by atoms with Gasteiger partial charge in [-0.1, -0.05) is 31.4 Å². The first-order valence-corrected chi connectivity index (χ1v) is 12.5. The second-order valence-electron chi connectivity index (χ2n) is 8.05. The number of rotatable bonds is 7. The monoisotopic (exact) mass is 501 g/mol. The fraction of sp³-hybridized carbons (Fsp3) is 0.304. The Kier molecular flexibility index (Phi) is 7.23. The Morgan fingerprint density at radius 3 is 2.53 bits per heavy atom. The van der Waals surface area contributed by atoms with Gasteiger partial charge in [-0.2, -0.15) is 4.37 Å². The number of carbonyl (C=O) groups is 3. The maximum absolute atomic E-state index is 14.2. The van der Waals surface area contributed by atoms with Gasteiger partial charge in [0.15, 0.2) is 11.7 Å². The highest BCUT2D eigenvalue weighted by Gasteiger charge is 2.37. The molecule has 1 saturated carbocycles. The number of carbonyl (C=O) groups excluding carboxylic acids is 3. The van der Waals surface area contributed by atoms with Crippen molar-refractivity contribution in [2.45, 2.75) is 44.2 Å². The molecule has 4 rings (SSSR count). The molecule has 1 unspecified atom stereocenters. The predicted octanol–water partition coefficient (Wildman–Crippen LogP) is 3.86. The van der Waals surface area contributed by atoms with E-state index in [2.05, 4.69) is 9.69 Å². The second kappa shape index (κ2) is 10.3. The topological polar surface area (TPSA) is 131 Å². The molecule has 1 atom stereocenters. The van der Waals surface area contributed by atoms with Crippen LogP contribution in [0.4, 0.5) is 15.8 Å². The maximum Gasteiger partial charge on any atom is 0.273 e. The first kappa shape index (κ1) is 23.8. The smallest absolute Gasteiger partial charge is 0.273 e.